The van der Waals surface area contributed by atoms with Crippen molar-refractivity contribution in [3.05, 3.63) is 34.4 Å². The van der Waals surface area contributed by atoms with Gasteiger partial charge < -0.3 is 0 Å². The summed E-state index contributed by atoms with van der Waals surface area (Å²) in [5.41, 5.74) is 4.17. The van der Waals surface area contributed by atoms with E-state index in [9.17, 15) is 14.9 Å². The van der Waals surface area contributed by atoms with Crippen LogP contribution in [0.4, 0.5) is 5.69 Å². The Labute approximate surface area is 151 Å². The number of fused-ring (bicyclic) bond motifs is 2. The van der Waals surface area contributed by atoms with E-state index >= 15 is 0 Å². The zero-order valence-corrected chi connectivity index (χ0v) is 15.6. The standard InChI is InChI=1S/C18H23N3O3S/c1-17(2)12-8-9-18(17,3)15(10-12)19-20-16(22)11-25-14-6-4-13(5-7-14)21(23)24/h4-7,12H,8-11H2,1-3H3,(H,20,22)/b19-15+/t12-,18+/m1/s1. The molecule has 2 fully saturated rings. The number of thioether (sulfide) groups is 1. The van der Waals surface area contributed by atoms with Crippen molar-refractivity contribution in [1.82, 2.24) is 5.43 Å². The van der Waals surface area contributed by atoms with Gasteiger partial charge in [0.15, 0.2) is 0 Å². The summed E-state index contributed by atoms with van der Waals surface area (Å²) < 4.78 is 0. The zero-order valence-electron chi connectivity index (χ0n) is 14.7. The van der Waals surface area contributed by atoms with E-state index in [1.807, 2.05) is 0 Å². The van der Waals surface area contributed by atoms with Crippen molar-refractivity contribution < 1.29 is 9.72 Å². The Kier molecular flexibility index (Phi) is 4.62. The Morgan fingerprint density at radius 3 is 2.56 bits per heavy atom. The summed E-state index contributed by atoms with van der Waals surface area (Å²) in [7, 11) is 0. The van der Waals surface area contributed by atoms with E-state index < -0.39 is 4.92 Å². The normalized spacial score (nSPS) is 28.3. The SMILES string of the molecule is CC1(C)[C@@H]2CC[C@@]1(C)/C(=N/NC(=O)CSc1ccc([N+](=O)[O-])cc1)C2. The van der Waals surface area contributed by atoms with E-state index in [0.29, 0.717) is 5.92 Å². The molecule has 0 aliphatic heterocycles. The van der Waals surface area contributed by atoms with Crippen LogP contribution in [-0.4, -0.2) is 22.3 Å². The average Bonchev–Trinajstić information content (AvgIpc) is 2.91. The molecule has 0 radical (unpaired) electrons. The van der Waals surface area contributed by atoms with E-state index in [1.165, 1.54) is 30.3 Å². The molecule has 2 atom stereocenters. The molecule has 0 saturated heterocycles. The molecule has 1 aromatic rings. The molecule has 0 heterocycles. The number of nitro groups is 1. The Hall–Kier alpha value is -1.89. The predicted octanol–water partition coefficient (Wildman–Crippen LogP) is 4.01. The number of hydrogen-bond donors (Lipinski definition) is 1. The highest BCUT2D eigenvalue weighted by Gasteiger charge is 2.59. The van der Waals surface area contributed by atoms with Crippen molar-refractivity contribution in [3.63, 3.8) is 0 Å². The Morgan fingerprint density at radius 1 is 1.36 bits per heavy atom. The quantitative estimate of drug-likeness (QED) is 0.488. The second-order valence-corrected chi connectivity index (χ2v) is 8.68. The molecule has 1 N–H and O–H groups in total. The van der Waals surface area contributed by atoms with Crippen molar-refractivity contribution in [3.8, 4) is 0 Å². The number of rotatable bonds is 5. The Morgan fingerprint density at radius 2 is 2.04 bits per heavy atom. The van der Waals surface area contributed by atoms with Crippen LogP contribution >= 0.6 is 11.8 Å². The van der Waals surface area contributed by atoms with Crippen LogP contribution in [0.2, 0.25) is 0 Å². The summed E-state index contributed by atoms with van der Waals surface area (Å²) in [6.07, 6.45) is 3.35. The van der Waals surface area contributed by atoms with Gasteiger partial charge in [-0.1, -0.05) is 20.8 Å². The molecule has 6 nitrogen and oxygen atoms in total. The van der Waals surface area contributed by atoms with Crippen LogP contribution in [0.15, 0.2) is 34.3 Å². The molecule has 2 aliphatic carbocycles. The fourth-order valence-electron chi connectivity index (χ4n) is 4.07. The molecule has 2 bridgehead atoms. The number of nitrogens with one attached hydrogen (secondary N) is 1. The highest BCUT2D eigenvalue weighted by molar-refractivity contribution is 8.00. The first-order valence-electron chi connectivity index (χ1n) is 8.47. The highest BCUT2D eigenvalue weighted by Crippen LogP contribution is 2.63. The maximum absolute atomic E-state index is 12.1. The smallest absolute Gasteiger partial charge is 0.269 e. The molecule has 3 rings (SSSR count). The van der Waals surface area contributed by atoms with Crippen LogP contribution in [0.1, 0.15) is 40.0 Å². The number of nitro benzene ring substituents is 1. The first kappa shape index (κ1) is 17.9. The van der Waals surface area contributed by atoms with Crippen LogP contribution < -0.4 is 5.43 Å². The minimum atomic E-state index is -0.436. The zero-order chi connectivity index (χ0) is 18.2. The molecule has 134 valence electrons. The summed E-state index contributed by atoms with van der Waals surface area (Å²) in [5.74, 6) is 0.737. The van der Waals surface area contributed by atoms with Gasteiger partial charge in [-0.3, -0.25) is 14.9 Å². The van der Waals surface area contributed by atoms with Gasteiger partial charge in [-0.25, -0.2) is 5.43 Å². The lowest BCUT2D eigenvalue weighted by Gasteiger charge is -2.34. The summed E-state index contributed by atoms with van der Waals surface area (Å²) in [6.45, 7) is 6.87. The minimum absolute atomic E-state index is 0.0485. The van der Waals surface area contributed by atoms with Gasteiger partial charge in [0.25, 0.3) is 5.69 Å². The Balaban J connectivity index is 1.54. The van der Waals surface area contributed by atoms with Crippen molar-refractivity contribution in [1.29, 1.82) is 0 Å². The monoisotopic (exact) mass is 361 g/mol. The minimum Gasteiger partial charge on any atom is -0.272 e. The molecule has 25 heavy (non-hydrogen) atoms. The van der Waals surface area contributed by atoms with Crippen LogP contribution in [0.5, 0.6) is 0 Å². The molecule has 7 heteroatoms. The molecule has 0 aromatic heterocycles. The predicted molar refractivity (Wildman–Crippen MR) is 98.6 cm³/mol. The fourth-order valence-corrected chi connectivity index (χ4v) is 4.76. The molecular formula is C18H23N3O3S. The van der Waals surface area contributed by atoms with Gasteiger partial charge in [-0.05, 0) is 42.7 Å². The van der Waals surface area contributed by atoms with Crippen molar-refractivity contribution in [2.24, 2.45) is 21.8 Å². The third-order valence-electron chi connectivity index (χ3n) is 6.25. The molecule has 1 amide bonds. The number of amides is 1. The molecule has 2 aliphatic rings. The van der Waals surface area contributed by atoms with Gasteiger partial charge in [-0.2, -0.15) is 5.10 Å². The largest absolute Gasteiger partial charge is 0.272 e. The third kappa shape index (κ3) is 3.17. The van der Waals surface area contributed by atoms with Crippen LogP contribution in [-0.2, 0) is 4.79 Å². The summed E-state index contributed by atoms with van der Waals surface area (Å²) in [4.78, 5) is 23.1. The van der Waals surface area contributed by atoms with Gasteiger partial charge in [-0.15, -0.1) is 11.8 Å². The first-order chi connectivity index (χ1) is 11.7. The van der Waals surface area contributed by atoms with Gasteiger partial charge in [0.1, 0.15) is 0 Å². The number of nitrogens with zero attached hydrogens (tertiary/aromatic N) is 2. The lowest BCUT2D eigenvalue weighted by molar-refractivity contribution is -0.384. The third-order valence-corrected chi connectivity index (χ3v) is 7.26. The second-order valence-electron chi connectivity index (χ2n) is 7.63. The number of carbonyl (C=O) groups is 1. The number of benzene rings is 1. The lowest BCUT2D eigenvalue weighted by Crippen LogP contribution is -2.34. The average molecular weight is 361 g/mol. The first-order valence-corrected chi connectivity index (χ1v) is 9.46. The molecule has 0 unspecified atom stereocenters. The van der Waals surface area contributed by atoms with E-state index in [-0.39, 0.29) is 28.2 Å². The van der Waals surface area contributed by atoms with Crippen LogP contribution in [0, 0.1) is 26.9 Å². The molecule has 1 aromatic carbocycles. The fraction of sp³-hybridized carbons (Fsp3) is 0.556. The van der Waals surface area contributed by atoms with E-state index in [2.05, 4.69) is 31.3 Å². The van der Waals surface area contributed by atoms with Crippen LogP contribution in [0.3, 0.4) is 0 Å². The maximum Gasteiger partial charge on any atom is 0.269 e. The van der Waals surface area contributed by atoms with E-state index in [4.69, 9.17) is 0 Å². The second kappa shape index (κ2) is 6.44. The van der Waals surface area contributed by atoms with Gasteiger partial charge >= 0.3 is 0 Å². The Bertz CT molecular complexity index is 730. The van der Waals surface area contributed by atoms with Crippen LogP contribution in [0.25, 0.3) is 0 Å². The van der Waals surface area contributed by atoms with Gasteiger partial charge in [0, 0.05) is 28.2 Å². The van der Waals surface area contributed by atoms with Crippen molar-refractivity contribution >= 4 is 29.1 Å². The number of hydrazone groups is 1. The topological polar surface area (TPSA) is 84.6 Å². The lowest BCUT2D eigenvalue weighted by atomic mass is 9.70. The van der Waals surface area contributed by atoms with Gasteiger partial charge in [0.2, 0.25) is 5.91 Å². The number of non-ortho nitro benzene ring substituents is 1. The molecule has 0 spiro atoms. The van der Waals surface area contributed by atoms with E-state index in [1.54, 1.807) is 12.1 Å². The molecule has 2 saturated carbocycles. The summed E-state index contributed by atoms with van der Waals surface area (Å²) >= 11 is 1.34. The van der Waals surface area contributed by atoms with Crippen molar-refractivity contribution in [2.75, 3.05) is 5.75 Å². The van der Waals surface area contributed by atoms with E-state index in [0.717, 1.165) is 23.4 Å². The van der Waals surface area contributed by atoms with Crippen molar-refractivity contribution in [2.45, 2.75) is 44.9 Å². The number of hydrogen-bond acceptors (Lipinski definition) is 5. The molecular weight excluding hydrogens is 338 g/mol. The van der Waals surface area contributed by atoms with Gasteiger partial charge in [0.05, 0.1) is 10.7 Å². The highest BCUT2D eigenvalue weighted by atomic mass is 32.2. The summed E-state index contributed by atoms with van der Waals surface area (Å²) in [5, 5.41) is 15.1. The summed E-state index contributed by atoms with van der Waals surface area (Å²) in [6, 6.07) is 6.19. The number of carbonyl (C=O) groups excluding carboxylic acids is 1. The maximum atomic E-state index is 12.1.